The molecule has 8 heteroatoms. The number of amides is 2. The highest BCUT2D eigenvalue weighted by Gasteiger charge is 2.29. The lowest BCUT2D eigenvalue weighted by Gasteiger charge is -2.23. The topological polar surface area (TPSA) is 78.9 Å². The number of benzene rings is 1. The number of aliphatic carboxylic acids is 1. The van der Waals surface area contributed by atoms with Crippen molar-refractivity contribution in [1.82, 2.24) is 10.2 Å². The van der Waals surface area contributed by atoms with Crippen LogP contribution in [0.15, 0.2) is 18.2 Å². The van der Waals surface area contributed by atoms with E-state index in [-0.39, 0.29) is 11.7 Å². The number of carboxylic acid groups (broad SMARTS) is 1. The van der Waals surface area contributed by atoms with Crippen LogP contribution >= 0.6 is 0 Å². The number of nitrogens with one attached hydrogen (secondary N) is 1. The Morgan fingerprint density at radius 1 is 1.48 bits per heavy atom. The largest absolute Gasteiger partial charge is 0.481 e. The Hall–Kier alpha value is -2.22. The number of ether oxygens (including phenoxy) is 1. The van der Waals surface area contributed by atoms with Crippen LogP contribution in [0.3, 0.4) is 0 Å². The van der Waals surface area contributed by atoms with E-state index in [0.29, 0.717) is 25.6 Å². The zero-order chi connectivity index (χ0) is 17.0. The van der Waals surface area contributed by atoms with Gasteiger partial charge >= 0.3 is 12.0 Å². The summed E-state index contributed by atoms with van der Waals surface area (Å²) in [4.78, 5) is 24.7. The molecule has 6 nitrogen and oxygen atoms in total. The zero-order valence-corrected chi connectivity index (χ0v) is 12.6. The number of methoxy groups -OCH3 is 1. The molecule has 0 radical (unpaired) electrons. The SMILES string of the molecule is CO[C@H]1CCN(C(=O)N[C@H](CC(=O)O)c2ccc(F)cc2F)C1. The van der Waals surface area contributed by atoms with Crippen LogP contribution < -0.4 is 5.32 Å². The molecular formula is C15H18F2N2O4. The Labute approximate surface area is 132 Å². The standard InChI is InChI=1S/C15H18F2N2O4/c1-23-10-4-5-19(8-10)15(22)18-13(7-14(20)21)11-3-2-9(16)6-12(11)17/h2-3,6,10,13H,4-5,7-8H2,1H3,(H,18,22)(H,20,21)/t10-,13+/m0/s1. The molecule has 0 saturated carbocycles. The van der Waals surface area contributed by atoms with Gasteiger partial charge in [0, 0.05) is 31.8 Å². The first-order valence-corrected chi connectivity index (χ1v) is 7.15. The van der Waals surface area contributed by atoms with Crippen molar-refractivity contribution < 1.29 is 28.2 Å². The summed E-state index contributed by atoms with van der Waals surface area (Å²) in [6.45, 7) is 0.851. The molecule has 126 valence electrons. The van der Waals surface area contributed by atoms with Crippen molar-refractivity contribution in [2.75, 3.05) is 20.2 Å². The van der Waals surface area contributed by atoms with Crippen LogP contribution in [0.25, 0.3) is 0 Å². The first kappa shape index (κ1) is 17.1. The van der Waals surface area contributed by atoms with Gasteiger partial charge in [0.05, 0.1) is 18.6 Å². The Balaban J connectivity index is 2.12. The molecule has 0 spiro atoms. The third-order valence-corrected chi connectivity index (χ3v) is 3.78. The van der Waals surface area contributed by atoms with Gasteiger partial charge in [0.2, 0.25) is 0 Å². The monoisotopic (exact) mass is 328 g/mol. The Morgan fingerprint density at radius 2 is 2.22 bits per heavy atom. The van der Waals surface area contributed by atoms with Gasteiger partial charge in [-0.3, -0.25) is 4.79 Å². The molecule has 1 aromatic carbocycles. The minimum Gasteiger partial charge on any atom is -0.481 e. The first-order chi connectivity index (χ1) is 10.9. The molecular weight excluding hydrogens is 310 g/mol. The van der Waals surface area contributed by atoms with Crippen LogP contribution in [-0.4, -0.2) is 48.3 Å². The van der Waals surface area contributed by atoms with Crippen molar-refractivity contribution in [2.45, 2.75) is 25.0 Å². The van der Waals surface area contributed by atoms with E-state index in [9.17, 15) is 18.4 Å². The van der Waals surface area contributed by atoms with E-state index in [1.54, 1.807) is 7.11 Å². The molecule has 1 fully saturated rings. The van der Waals surface area contributed by atoms with E-state index in [2.05, 4.69) is 5.32 Å². The molecule has 0 bridgehead atoms. The molecule has 1 aromatic rings. The highest BCUT2D eigenvalue weighted by atomic mass is 19.1. The summed E-state index contributed by atoms with van der Waals surface area (Å²) in [5, 5.41) is 11.5. The van der Waals surface area contributed by atoms with Crippen molar-refractivity contribution in [3.05, 3.63) is 35.4 Å². The van der Waals surface area contributed by atoms with Crippen LogP contribution in [0.2, 0.25) is 0 Å². The Kier molecular flexibility index (Phi) is 5.49. The molecule has 2 N–H and O–H groups in total. The van der Waals surface area contributed by atoms with E-state index < -0.39 is 36.1 Å². The van der Waals surface area contributed by atoms with E-state index in [0.717, 1.165) is 12.1 Å². The Morgan fingerprint density at radius 3 is 2.78 bits per heavy atom. The lowest BCUT2D eigenvalue weighted by Crippen LogP contribution is -2.41. The van der Waals surface area contributed by atoms with Gasteiger partial charge in [0.15, 0.2) is 0 Å². The van der Waals surface area contributed by atoms with E-state index >= 15 is 0 Å². The minimum atomic E-state index is -1.20. The fourth-order valence-electron chi connectivity index (χ4n) is 2.54. The zero-order valence-electron chi connectivity index (χ0n) is 12.6. The summed E-state index contributed by atoms with van der Waals surface area (Å²) in [7, 11) is 1.55. The second kappa shape index (κ2) is 7.36. The van der Waals surface area contributed by atoms with Crippen molar-refractivity contribution in [3.63, 3.8) is 0 Å². The second-order valence-electron chi connectivity index (χ2n) is 5.36. The van der Waals surface area contributed by atoms with E-state index in [1.165, 1.54) is 4.90 Å². The molecule has 2 rings (SSSR count). The quantitative estimate of drug-likeness (QED) is 0.865. The number of hydrogen-bond donors (Lipinski definition) is 2. The van der Waals surface area contributed by atoms with Crippen LogP contribution in [-0.2, 0) is 9.53 Å². The maximum atomic E-state index is 13.9. The second-order valence-corrected chi connectivity index (χ2v) is 5.36. The van der Waals surface area contributed by atoms with Crippen LogP contribution in [0.5, 0.6) is 0 Å². The maximum Gasteiger partial charge on any atom is 0.317 e. The normalized spacial score (nSPS) is 18.7. The van der Waals surface area contributed by atoms with Gasteiger partial charge in [-0.1, -0.05) is 6.07 Å². The predicted octanol–water partition coefficient (Wildman–Crippen LogP) is 1.91. The van der Waals surface area contributed by atoms with Crippen LogP contribution in [0, 0.1) is 11.6 Å². The molecule has 1 saturated heterocycles. The lowest BCUT2D eigenvalue weighted by atomic mass is 10.0. The number of urea groups is 1. The van der Waals surface area contributed by atoms with Crippen molar-refractivity contribution in [3.8, 4) is 0 Å². The molecule has 1 heterocycles. The molecule has 0 aliphatic carbocycles. The average molecular weight is 328 g/mol. The molecule has 23 heavy (non-hydrogen) atoms. The van der Waals surface area contributed by atoms with Gasteiger partial charge < -0.3 is 20.1 Å². The number of nitrogens with zero attached hydrogens (tertiary/aromatic N) is 1. The van der Waals surface area contributed by atoms with Crippen LogP contribution in [0.1, 0.15) is 24.4 Å². The summed E-state index contributed by atoms with van der Waals surface area (Å²) in [5.41, 5.74) is -0.0651. The number of carbonyl (C=O) groups is 2. The first-order valence-electron chi connectivity index (χ1n) is 7.15. The molecule has 0 unspecified atom stereocenters. The average Bonchev–Trinajstić information content (AvgIpc) is 2.95. The van der Waals surface area contributed by atoms with Gasteiger partial charge in [-0.25, -0.2) is 13.6 Å². The maximum absolute atomic E-state index is 13.9. The lowest BCUT2D eigenvalue weighted by molar-refractivity contribution is -0.137. The van der Waals surface area contributed by atoms with Gasteiger partial charge in [0.25, 0.3) is 0 Å². The summed E-state index contributed by atoms with van der Waals surface area (Å²) >= 11 is 0. The molecule has 2 atom stereocenters. The number of carboxylic acids is 1. The number of likely N-dealkylation sites (tertiary alicyclic amines) is 1. The molecule has 2 amide bonds. The summed E-state index contributed by atoms with van der Waals surface area (Å²) in [6.07, 6.45) is 0.107. The minimum absolute atomic E-state index is 0.0651. The highest BCUT2D eigenvalue weighted by Crippen LogP contribution is 2.22. The Bertz CT molecular complexity index is 597. The summed E-state index contributed by atoms with van der Waals surface area (Å²) in [5.74, 6) is -2.86. The fourth-order valence-corrected chi connectivity index (χ4v) is 2.54. The van der Waals surface area contributed by atoms with Gasteiger partial charge in [0.1, 0.15) is 11.6 Å². The smallest absolute Gasteiger partial charge is 0.317 e. The number of carbonyl (C=O) groups excluding carboxylic acids is 1. The summed E-state index contributed by atoms with van der Waals surface area (Å²) < 4.78 is 32.0. The highest BCUT2D eigenvalue weighted by molar-refractivity contribution is 5.76. The number of hydrogen-bond acceptors (Lipinski definition) is 3. The fraction of sp³-hybridized carbons (Fsp3) is 0.467. The van der Waals surface area contributed by atoms with E-state index in [4.69, 9.17) is 9.84 Å². The van der Waals surface area contributed by atoms with Crippen molar-refractivity contribution in [1.29, 1.82) is 0 Å². The number of rotatable bonds is 5. The van der Waals surface area contributed by atoms with Gasteiger partial charge in [-0.2, -0.15) is 0 Å². The number of halogens is 2. The molecule has 1 aliphatic heterocycles. The molecule has 1 aliphatic rings. The van der Waals surface area contributed by atoms with Crippen molar-refractivity contribution >= 4 is 12.0 Å². The molecule has 0 aromatic heterocycles. The third-order valence-electron chi connectivity index (χ3n) is 3.78. The summed E-state index contributed by atoms with van der Waals surface area (Å²) in [6, 6.07) is 1.24. The predicted molar refractivity (Wildman–Crippen MR) is 76.9 cm³/mol. The van der Waals surface area contributed by atoms with Crippen molar-refractivity contribution in [2.24, 2.45) is 0 Å². The van der Waals surface area contributed by atoms with Gasteiger partial charge in [-0.15, -0.1) is 0 Å². The van der Waals surface area contributed by atoms with E-state index in [1.807, 2.05) is 0 Å². The van der Waals surface area contributed by atoms with Gasteiger partial charge in [-0.05, 0) is 12.5 Å². The van der Waals surface area contributed by atoms with Crippen LogP contribution in [0.4, 0.5) is 13.6 Å². The third kappa shape index (κ3) is 4.38.